The molecule has 1 atom stereocenters. The molecule has 30 heavy (non-hydrogen) atoms. The summed E-state index contributed by atoms with van der Waals surface area (Å²) in [6, 6.07) is 12.4. The molecule has 0 spiro atoms. The fourth-order valence-corrected chi connectivity index (χ4v) is 4.32. The number of benzene rings is 2. The zero-order chi connectivity index (χ0) is 21.1. The highest BCUT2D eigenvalue weighted by atomic mass is 79.9. The van der Waals surface area contributed by atoms with E-state index in [1.54, 1.807) is 4.90 Å². The third-order valence-electron chi connectivity index (χ3n) is 4.63. The van der Waals surface area contributed by atoms with Gasteiger partial charge in [0.05, 0.1) is 6.04 Å². The second-order valence-electron chi connectivity index (χ2n) is 6.69. The summed E-state index contributed by atoms with van der Waals surface area (Å²) in [5, 5.41) is 14.5. The van der Waals surface area contributed by atoms with E-state index in [4.69, 9.17) is 0 Å². The Labute approximate surface area is 184 Å². The molecule has 1 aliphatic heterocycles. The van der Waals surface area contributed by atoms with Crippen LogP contribution < -0.4 is 10.6 Å². The van der Waals surface area contributed by atoms with Crippen LogP contribution in [0.1, 0.15) is 33.7 Å². The summed E-state index contributed by atoms with van der Waals surface area (Å²) < 4.78 is 13.9. The van der Waals surface area contributed by atoms with Crippen LogP contribution in [-0.4, -0.2) is 33.6 Å². The van der Waals surface area contributed by atoms with Crippen molar-refractivity contribution in [3.63, 3.8) is 0 Å². The van der Waals surface area contributed by atoms with Gasteiger partial charge in [-0.2, -0.15) is 0 Å². The number of anilines is 2. The number of urea groups is 1. The van der Waals surface area contributed by atoms with E-state index in [0.29, 0.717) is 22.9 Å². The summed E-state index contributed by atoms with van der Waals surface area (Å²) in [5.41, 5.74) is 1.17. The second-order valence-corrected chi connectivity index (χ2v) is 8.62. The van der Waals surface area contributed by atoms with E-state index in [-0.39, 0.29) is 22.9 Å². The molecular weight excluding hydrogens is 473 g/mol. The molecule has 1 aromatic heterocycles. The molecule has 2 heterocycles. The highest BCUT2D eigenvalue weighted by Gasteiger charge is 2.33. The standard InChI is InChI=1S/C20H17BrFN5O2S/c21-12-3-7-15(8-4-12)24-20(29)27-11-1-2-16(27)18-25-26-19(30-18)17(28)23-14-9-5-13(22)6-10-14/h3-10,16H,1-2,11H2,(H,23,28)(H,24,29)/t16-/m1/s1. The number of nitrogens with one attached hydrogen (secondary N) is 2. The number of likely N-dealkylation sites (tertiary alicyclic amines) is 1. The number of halogens is 2. The topological polar surface area (TPSA) is 87.2 Å². The maximum atomic E-state index is 13.0. The zero-order valence-corrected chi connectivity index (χ0v) is 18.0. The Bertz CT molecular complexity index is 1060. The van der Waals surface area contributed by atoms with E-state index in [0.717, 1.165) is 28.7 Å². The van der Waals surface area contributed by atoms with Gasteiger partial charge in [0.15, 0.2) is 0 Å². The van der Waals surface area contributed by atoms with Crippen molar-refractivity contribution >= 4 is 50.6 Å². The van der Waals surface area contributed by atoms with Crippen LogP contribution in [0.5, 0.6) is 0 Å². The molecule has 2 aromatic carbocycles. The minimum Gasteiger partial charge on any atom is -0.320 e. The minimum atomic E-state index is -0.422. The highest BCUT2D eigenvalue weighted by molar-refractivity contribution is 9.10. The van der Waals surface area contributed by atoms with Crippen molar-refractivity contribution in [3.8, 4) is 0 Å². The van der Waals surface area contributed by atoms with Gasteiger partial charge >= 0.3 is 6.03 Å². The first-order valence-corrected chi connectivity index (χ1v) is 10.8. The number of carbonyl (C=O) groups is 2. The summed E-state index contributed by atoms with van der Waals surface area (Å²) in [7, 11) is 0. The van der Waals surface area contributed by atoms with Crippen molar-refractivity contribution in [3.05, 3.63) is 68.8 Å². The van der Waals surface area contributed by atoms with Crippen molar-refractivity contribution in [1.82, 2.24) is 15.1 Å². The molecule has 154 valence electrons. The van der Waals surface area contributed by atoms with Gasteiger partial charge in [-0.05, 0) is 61.4 Å². The molecule has 1 fully saturated rings. The fraction of sp³-hybridized carbons (Fsp3) is 0.200. The lowest BCUT2D eigenvalue weighted by Gasteiger charge is -2.23. The lowest BCUT2D eigenvalue weighted by molar-refractivity contribution is 0.102. The Morgan fingerprint density at radius 1 is 1.03 bits per heavy atom. The lowest BCUT2D eigenvalue weighted by atomic mass is 10.2. The molecule has 1 saturated heterocycles. The number of rotatable bonds is 4. The Balaban J connectivity index is 1.43. The predicted molar refractivity (Wildman–Crippen MR) is 116 cm³/mol. The van der Waals surface area contributed by atoms with Gasteiger partial charge in [0.2, 0.25) is 5.01 Å². The fourth-order valence-electron chi connectivity index (χ4n) is 3.17. The van der Waals surface area contributed by atoms with Gasteiger partial charge in [-0.3, -0.25) is 4.79 Å². The molecule has 2 N–H and O–H groups in total. The molecule has 0 saturated carbocycles. The summed E-state index contributed by atoms with van der Waals surface area (Å²) in [5.74, 6) is -0.803. The van der Waals surface area contributed by atoms with Crippen LogP contribution in [0.4, 0.5) is 20.6 Å². The Kier molecular flexibility index (Phi) is 6.05. The average Bonchev–Trinajstić information content (AvgIpc) is 3.40. The molecule has 3 amide bonds. The van der Waals surface area contributed by atoms with Crippen molar-refractivity contribution in [1.29, 1.82) is 0 Å². The molecule has 0 radical (unpaired) electrons. The normalized spacial score (nSPS) is 15.8. The Morgan fingerprint density at radius 3 is 2.43 bits per heavy atom. The Morgan fingerprint density at radius 2 is 1.70 bits per heavy atom. The molecule has 3 aromatic rings. The van der Waals surface area contributed by atoms with E-state index in [1.165, 1.54) is 24.3 Å². The van der Waals surface area contributed by atoms with E-state index in [2.05, 4.69) is 36.8 Å². The quantitative estimate of drug-likeness (QED) is 0.535. The van der Waals surface area contributed by atoms with Crippen LogP contribution in [0.15, 0.2) is 53.0 Å². The van der Waals surface area contributed by atoms with Gasteiger partial charge in [-0.25, -0.2) is 9.18 Å². The third-order valence-corrected chi connectivity index (χ3v) is 6.18. The molecule has 0 bridgehead atoms. The van der Waals surface area contributed by atoms with Gasteiger partial charge in [0, 0.05) is 22.4 Å². The summed E-state index contributed by atoms with van der Waals surface area (Å²) in [4.78, 5) is 26.9. The summed E-state index contributed by atoms with van der Waals surface area (Å²) >= 11 is 4.52. The number of hydrogen-bond acceptors (Lipinski definition) is 5. The van der Waals surface area contributed by atoms with Gasteiger partial charge in [-0.15, -0.1) is 10.2 Å². The van der Waals surface area contributed by atoms with Crippen LogP contribution in [0.25, 0.3) is 0 Å². The van der Waals surface area contributed by atoms with E-state index < -0.39 is 5.91 Å². The molecule has 0 aliphatic carbocycles. The van der Waals surface area contributed by atoms with E-state index in [1.807, 2.05) is 24.3 Å². The smallest absolute Gasteiger partial charge is 0.320 e. The first-order chi connectivity index (χ1) is 14.5. The SMILES string of the molecule is O=C(Nc1ccc(F)cc1)c1nnc([C@H]2CCCN2C(=O)Nc2ccc(Br)cc2)s1. The maximum Gasteiger partial charge on any atom is 0.322 e. The minimum absolute atomic E-state index is 0.189. The maximum absolute atomic E-state index is 13.0. The van der Waals surface area contributed by atoms with Gasteiger partial charge < -0.3 is 15.5 Å². The predicted octanol–water partition coefficient (Wildman–Crippen LogP) is 5.06. The second kappa shape index (κ2) is 8.88. The summed E-state index contributed by atoms with van der Waals surface area (Å²) in [6.45, 7) is 0.601. The lowest BCUT2D eigenvalue weighted by Crippen LogP contribution is -2.34. The van der Waals surface area contributed by atoms with Crippen LogP contribution >= 0.6 is 27.3 Å². The van der Waals surface area contributed by atoms with Crippen molar-refractivity contribution < 1.29 is 14.0 Å². The van der Waals surface area contributed by atoms with Crippen LogP contribution in [0.3, 0.4) is 0 Å². The number of carbonyl (C=O) groups excluding carboxylic acids is 2. The van der Waals surface area contributed by atoms with Crippen LogP contribution in [0, 0.1) is 5.82 Å². The molecule has 4 rings (SSSR count). The monoisotopic (exact) mass is 489 g/mol. The Hall–Kier alpha value is -2.85. The molecule has 7 nitrogen and oxygen atoms in total. The highest BCUT2D eigenvalue weighted by Crippen LogP contribution is 2.34. The van der Waals surface area contributed by atoms with Crippen molar-refractivity contribution in [2.45, 2.75) is 18.9 Å². The third kappa shape index (κ3) is 4.65. The number of hydrogen-bond donors (Lipinski definition) is 2. The first-order valence-electron chi connectivity index (χ1n) is 9.23. The van der Waals surface area contributed by atoms with Crippen LogP contribution in [-0.2, 0) is 0 Å². The molecule has 1 aliphatic rings. The van der Waals surface area contributed by atoms with Crippen LogP contribution in [0.2, 0.25) is 0 Å². The number of amides is 3. The first kappa shape index (κ1) is 20.4. The van der Waals surface area contributed by atoms with Crippen molar-refractivity contribution in [2.75, 3.05) is 17.2 Å². The van der Waals surface area contributed by atoms with Gasteiger partial charge in [0.1, 0.15) is 10.8 Å². The van der Waals surface area contributed by atoms with E-state index >= 15 is 0 Å². The molecular formula is C20H17BrFN5O2S. The van der Waals surface area contributed by atoms with Gasteiger partial charge in [0.25, 0.3) is 5.91 Å². The number of aromatic nitrogens is 2. The summed E-state index contributed by atoms with van der Waals surface area (Å²) in [6.07, 6.45) is 1.59. The molecule has 0 unspecified atom stereocenters. The largest absolute Gasteiger partial charge is 0.322 e. The van der Waals surface area contributed by atoms with Gasteiger partial charge in [-0.1, -0.05) is 27.3 Å². The van der Waals surface area contributed by atoms with E-state index in [9.17, 15) is 14.0 Å². The number of nitrogens with zero attached hydrogens (tertiary/aromatic N) is 3. The molecule has 10 heteroatoms. The zero-order valence-electron chi connectivity index (χ0n) is 15.6. The average molecular weight is 490 g/mol. The van der Waals surface area contributed by atoms with Crippen molar-refractivity contribution in [2.24, 2.45) is 0 Å².